The lowest BCUT2D eigenvalue weighted by atomic mass is 10.1. The van der Waals surface area contributed by atoms with Crippen molar-refractivity contribution in [1.82, 2.24) is 0 Å². The normalized spacial score (nSPS) is 10.0. The molecule has 0 saturated carbocycles. The summed E-state index contributed by atoms with van der Waals surface area (Å²) < 4.78 is 13.5. The van der Waals surface area contributed by atoms with Gasteiger partial charge in [-0.05, 0) is 19.1 Å². The maximum atomic E-state index is 13.5. The Morgan fingerprint density at radius 3 is 2.71 bits per heavy atom. The molecule has 0 aliphatic carbocycles. The van der Waals surface area contributed by atoms with E-state index in [1.807, 2.05) is 0 Å². The second-order valence-electron chi connectivity index (χ2n) is 2.94. The predicted molar refractivity (Wildman–Crippen MR) is 55.2 cm³/mol. The van der Waals surface area contributed by atoms with Crippen molar-refractivity contribution in [2.45, 2.75) is 6.92 Å². The molecule has 0 spiro atoms. The molecule has 0 heterocycles. The van der Waals surface area contributed by atoms with Gasteiger partial charge in [0.15, 0.2) is 5.82 Å². The van der Waals surface area contributed by atoms with Crippen molar-refractivity contribution < 1.29 is 29.0 Å². The number of anilines is 1. The Labute approximate surface area is 95.8 Å². The molecule has 0 aliphatic heterocycles. The number of hydroxylamine groups is 1. The molecule has 0 fully saturated rings. The average molecular weight is 243 g/mol. The topological polar surface area (TPSA) is 87.1 Å². The van der Waals surface area contributed by atoms with Crippen LogP contribution in [0.4, 0.5) is 10.1 Å². The molecule has 17 heavy (non-hydrogen) atoms. The number of nitrogens with zero attached hydrogens (tertiary/aromatic N) is 1. The van der Waals surface area contributed by atoms with E-state index >= 15 is 0 Å². The Morgan fingerprint density at radius 1 is 1.59 bits per heavy atom. The second-order valence-corrected chi connectivity index (χ2v) is 2.94. The van der Waals surface area contributed by atoms with Gasteiger partial charge in [-0.1, -0.05) is 0 Å². The van der Waals surface area contributed by atoms with Crippen LogP contribution in [0, 0.1) is 5.82 Å². The van der Waals surface area contributed by atoms with Gasteiger partial charge in [-0.25, -0.2) is 9.18 Å². The Kier molecular flexibility index (Phi) is 4.00. The third kappa shape index (κ3) is 2.51. The third-order valence-electron chi connectivity index (χ3n) is 1.90. The number of aromatic hydroxyl groups is 1. The number of carboxylic acids is 1. The minimum Gasteiger partial charge on any atom is -0.507 e. The number of rotatable bonds is 5. The summed E-state index contributed by atoms with van der Waals surface area (Å²) in [5.74, 6) is -3.20. The quantitative estimate of drug-likeness (QED) is 0.598. The molecule has 6 nitrogen and oxygen atoms in total. The number of carbonyl (C=O) groups excluding carboxylic acids is 1. The van der Waals surface area contributed by atoms with Gasteiger partial charge in [0.25, 0.3) is 0 Å². The van der Waals surface area contributed by atoms with Gasteiger partial charge in [0.1, 0.15) is 17.0 Å². The van der Waals surface area contributed by atoms with Crippen LogP contribution < -0.4 is 5.06 Å². The number of amides is 1. The maximum Gasteiger partial charge on any atom is 0.341 e. The van der Waals surface area contributed by atoms with E-state index in [4.69, 9.17) is 9.94 Å². The van der Waals surface area contributed by atoms with Crippen molar-refractivity contribution in [2.75, 3.05) is 11.7 Å². The number of carboxylic acid groups (broad SMARTS) is 1. The van der Waals surface area contributed by atoms with Crippen LogP contribution >= 0.6 is 0 Å². The molecule has 0 saturated heterocycles. The molecule has 7 heteroatoms. The van der Waals surface area contributed by atoms with E-state index in [0.29, 0.717) is 5.06 Å². The monoisotopic (exact) mass is 243 g/mol. The molecule has 0 aliphatic rings. The highest BCUT2D eigenvalue weighted by atomic mass is 19.1. The van der Waals surface area contributed by atoms with E-state index < -0.39 is 28.8 Å². The smallest absolute Gasteiger partial charge is 0.341 e. The van der Waals surface area contributed by atoms with Gasteiger partial charge in [0.05, 0.1) is 6.61 Å². The van der Waals surface area contributed by atoms with Gasteiger partial charge < -0.3 is 10.2 Å². The fourth-order valence-corrected chi connectivity index (χ4v) is 1.27. The van der Waals surface area contributed by atoms with Gasteiger partial charge in [0.2, 0.25) is 6.41 Å². The van der Waals surface area contributed by atoms with Crippen molar-refractivity contribution in [1.29, 1.82) is 0 Å². The lowest BCUT2D eigenvalue weighted by Crippen LogP contribution is -2.25. The molecular formula is C10H10FNO5. The summed E-state index contributed by atoms with van der Waals surface area (Å²) >= 11 is 0. The number of benzene rings is 1. The first kappa shape index (κ1) is 12.9. The van der Waals surface area contributed by atoms with E-state index in [1.54, 1.807) is 0 Å². The fourth-order valence-electron chi connectivity index (χ4n) is 1.27. The summed E-state index contributed by atoms with van der Waals surface area (Å²) in [7, 11) is 0. The van der Waals surface area contributed by atoms with E-state index in [9.17, 15) is 19.1 Å². The molecule has 92 valence electrons. The largest absolute Gasteiger partial charge is 0.507 e. The fraction of sp³-hybridized carbons (Fsp3) is 0.200. The number of halogens is 1. The van der Waals surface area contributed by atoms with Crippen LogP contribution in [0.15, 0.2) is 12.1 Å². The molecule has 0 radical (unpaired) electrons. The van der Waals surface area contributed by atoms with E-state index in [0.717, 1.165) is 12.1 Å². The summed E-state index contributed by atoms with van der Waals surface area (Å²) in [6.45, 7) is 1.57. The van der Waals surface area contributed by atoms with Crippen molar-refractivity contribution in [3.63, 3.8) is 0 Å². The zero-order chi connectivity index (χ0) is 13.0. The molecule has 1 rings (SSSR count). The van der Waals surface area contributed by atoms with Crippen molar-refractivity contribution >= 4 is 18.1 Å². The van der Waals surface area contributed by atoms with Crippen molar-refractivity contribution in [3.05, 3.63) is 23.5 Å². The van der Waals surface area contributed by atoms with Crippen LogP contribution in [-0.4, -0.2) is 29.2 Å². The van der Waals surface area contributed by atoms with Crippen molar-refractivity contribution in [2.24, 2.45) is 0 Å². The molecule has 1 aromatic rings. The first-order valence-electron chi connectivity index (χ1n) is 4.65. The zero-order valence-corrected chi connectivity index (χ0v) is 8.88. The minimum atomic E-state index is -1.57. The maximum absolute atomic E-state index is 13.5. The van der Waals surface area contributed by atoms with Gasteiger partial charge in [-0.2, -0.15) is 5.06 Å². The van der Waals surface area contributed by atoms with Gasteiger partial charge in [-0.3, -0.25) is 9.63 Å². The summed E-state index contributed by atoms with van der Waals surface area (Å²) in [6, 6.07) is 1.73. The van der Waals surface area contributed by atoms with Gasteiger partial charge in [-0.15, -0.1) is 0 Å². The highest BCUT2D eigenvalue weighted by Crippen LogP contribution is 2.31. The first-order chi connectivity index (χ1) is 8.02. The van der Waals surface area contributed by atoms with Crippen LogP contribution in [0.5, 0.6) is 5.75 Å². The number of hydrogen-bond donors (Lipinski definition) is 2. The van der Waals surface area contributed by atoms with Gasteiger partial charge in [0, 0.05) is 0 Å². The molecule has 2 N–H and O–H groups in total. The summed E-state index contributed by atoms with van der Waals surface area (Å²) in [6.07, 6.45) is 0.119. The van der Waals surface area contributed by atoms with Crippen LogP contribution in [0.25, 0.3) is 0 Å². The number of phenols is 1. The number of aromatic carboxylic acids is 1. The van der Waals surface area contributed by atoms with Gasteiger partial charge >= 0.3 is 5.97 Å². The Hall–Kier alpha value is -2.15. The zero-order valence-electron chi connectivity index (χ0n) is 8.88. The second kappa shape index (κ2) is 5.26. The van der Waals surface area contributed by atoms with E-state index in [2.05, 4.69) is 0 Å². The summed E-state index contributed by atoms with van der Waals surface area (Å²) in [5, 5.41) is 18.6. The average Bonchev–Trinajstić information content (AvgIpc) is 2.28. The van der Waals surface area contributed by atoms with Crippen LogP contribution in [0.2, 0.25) is 0 Å². The highest BCUT2D eigenvalue weighted by Gasteiger charge is 2.24. The lowest BCUT2D eigenvalue weighted by molar-refractivity contribution is -0.113. The predicted octanol–water partition coefficient (Wildman–Crippen LogP) is 1.14. The Bertz CT molecular complexity index is 449. The lowest BCUT2D eigenvalue weighted by Gasteiger charge is -2.18. The molecule has 0 atom stereocenters. The third-order valence-corrected chi connectivity index (χ3v) is 1.90. The van der Waals surface area contributed by atoms with E-state index in [-0.39, 0.29) is 13.0 Å². The highest BCUT2D eigenvalue weighted by molar-refractivity contribution is 5.99. The Morgan fingerprint density at radius 2 is 2.24 bits per heavy atom. The molecule has 1 amide bonds. The van der Waals surface area contributed by atoms with Crippen LogP contribution in [-0.2, 0) is 9.63 Å². The molecular weight excluding hydrogens is 233 g/mol. The number of hydrogen-bond acceptors (Lipinski definition) is 4. The van der Waals surface area contributed by atoms with Crippen molar-refractivity contribution in [3.8, 4) is 5.75 Å². The van der Waals surface area contributed by atoms with Crippen LogP contribution in [0.1, 0.15) is 17.3 Å². The first-order valence-corrected chi connectivity index (χ1v) is 4.65. The SMILES string of the molecule is CCON(C=O)c1c(F)ccc(O)c1C(=O)O. The molecule has 0 unspecified atom stereocenters. The Balaban J connectivity index is 3.42. The molecule has 0 bridgehead atoms. The van der Waals surface area contributed by atoms with Crippen LogP contribution in [0.3, 0.4) is 0 Å². The van der Waals surface area contributed by atoms with E-state index in [1.165, 1.54) is 6.92 Å². The standard InChI is InChI=1S/C10H10FNO5/c1-2-17-12(5-13)9-6(11)3-4-7(14)8(9)10(15)16/h3-5,14H,2H2,1H3,(H,15,16). The molecule has 1 aromatic carbocycles. The molecule has 0 aromatic heterocycles. The summed E-state index contributed by atoms with van der Waals surface area (Å²) in [4.78, 5) is 26.3. The minimum absolute atomic E-state index is 0.0346. The summed E-state index contributed by atoms with van der Waals surface area (Å²) in [5.41, 5.74) is -1.36. The number of carbonyl (C=O) groups is 2.